The molecule has 0 aromatic heterocycles. The second-order valence-electron chi connectivity index (χ2n) is 2.82. The summed E-state index contributed by atoms with van der Waals surface area (Å²) in [6.07, 6.45) is 1.68. The number of nitrogens with two attached hydrogens (primary N) is 1. The zero-order valence-electron chi connectivity index (χ0n) is 7.62. The average Bonchev–Trinajstić information content (AvgIpc) is 2.03. The van der Waals surface area contributed by atoms with Crippen molar-refractivity contribution in [2.75, 3.05) is 5.75 Å². The summed E-state index contributed by atoms with van der Waals surface area (Å²) in [4.78, 5) is 10.3. The summed E-state index contributed by atoms with van der Waals surface area (Å²) >= 11 is 1.78. The van der Waals surface area contributed by atoms with Crippen LogP contribution >= 0.6 is 11.8 Å². The van der Waals surface area contributed by atoms with E-state index < -0.39 is 12.0 Å². The fourth-order valence-electron chi connectivity index (χ4n) is 0.638. The molecule has 72 valence electrons. The molecule has 0 bridgehead atoms. The third-order valence-electron chi connectivity index (χ3n) is 1.72. The molecule has 0 spiro atoms. The average molecular weight is 191 g/mol. The largest absolute Gasteiger partial charge is 0.480 e. The second kappa shape index (κ2) is 6.31. The molecule has 0 fully saturated rings. The van der Waals surface area contributed by atoms with Crippen LogP contribution in [0.1, 0.15) is 26.7 Å². The number of carboxylic acid groups (broad SMARTS) is 1. The van der Waals surface area contributed by atoms with Crippen molar-refractivity contribution in [3.05, 3.63) is 0 Å². The highest BCUT2D eigenvalue weighted by atomic mass is 32.2. The van der Waals surface area contributed by atoms with Gasteiger partial charge in [0.1, 0.15) is 6.04 Å². The first-order valence-electron chi connectivity index (χ1n) is 4.18. The lowest BCUT2D eigenvalue weighted by molar-refractivity contribution is -0.138. The van der Waals surface area contributed by atoms with Crippen molar-refractivity contribution < 1.29 is 9.90 Å². The van der Waals surface area contributed by atoms with Gasteiger partial charge in [-0.1, -0.05) is 13.8 Å². The van der Waals surface area contributed by atoms with Crippen molar-refractivity contribution in [3.8, 4) is 0 Å². The Morgan fingerprint density at radius 1 is 1.67 bits per heavy atom. The molecule has 0 amide bonds. The summed E-state index contributed by atoms with van der Waals surface area (Å²) in [5, 5.41) is 9.07. The molecule has 2 unspecified atom stereocenters. The van der Waals surface area contributed by atoms with Crippen LogP contribution in [0, 0.1) is 0 Å². The van der Waals surface area contributed by atoms with Gasteiger partial charge in [-0.25, -0.2) is 0 Å². The molecule has 3 nitrogen and oxygen atoms in total. The van der Waals surface area contributed by atoms with Gasteiger partial charge in [-0.3, -0.25) is 4.79 Å². The van der Waals surface area contributed by atoms with Crippen LogP contribution < -0.4 is 5.73 Å². The van der Waals surface area contributed by atoms with Gasteiger partial charge in [0.2, 0.25) is 0 Å². The minimum atomic E-state index is -0.903. The summed E-state index contributed by atoms with van der Waals surface area (Å²) in [5.74, 6) is -0.0672. The molecule has 0 saturated heterocycles. The Bertz CT molecular complexity index is 141. The van der Waals surface area contributed by atoms with E-state index in [9.17, 15) is 4.79 Å². The van der Waals surface area contributed by atoms with Crippen molar-refractivity contribution >= 4 is 17.7 Å². The third kappa shape index (κ3) is 5.43. The van der Waals surface area contributed by atoms with Crippen LogP contribution in [0.3, 0.4) is 0 Å². The molecule has 12 heavy (non-hydrogen) atoms. The molecule has 0 heterocycles. The molecule has 0 saturated carbocycles. The SMILES string of the molecule is CCC(C)SCCC(N)C(=O)O. The summed E-state index contributed by atoms with van der Waals surface area (Å²) in [5.41, 5.74) is 5.33. The maximum Gasteiger partial charge on any atom is 0.320 e. The summed E-state index contributed by atoms with van der Waals surface area (Å²) in [6.45, 7) is 4.26. The van der Waals surface area contributed by atoms with E-state index in [-0.39, 0.29) is 0 Å². The van der Waals surface area contributed by atoms with E-state index in [1.807, 2.05) is 0 Å². The Kier molecular flexibility index (Phi) is 6.20. The minimum absolute atomic E-state index is 0.560. The predicted molar refractivity (Wildman–Crippen MR) is 52.4 cm³/mol. The lowest BCUT2D eigenvalue weighted by Crippen LogP contribution is -2.30. The molecule has 3 N–H and O–H groups in total. The van der Waals surface area contributed by atoms with Gasteiger partial charge in [0, 0.05) is 5.25 Å². The van der Waals surface area contributed by atoms with E-state index in [1.54, 1.807) is 11.8 Å². The smallest absolute Gasteiger partial charge is 0.320 e. The summed E-state index contributed by atoms with van der Waals surface area (Å²) < 4.78 is 0. The predicted octanol–water partition coefficient (Wildman–Crippen LogP) is 1.32. The number of hydrogen-bond donors (Lipinski definition) is 2. The van der Waals surface area contributed by atoms with E-state index in [0.717, 1.165) is 12.2 Å². The van der Waals surface area contributed by atoms with E-state index in [1.165, 1.54) is 0 Å². The number of carbonyl (C=O) groups is 1. The molecule has 0 radical (unpaired) electrons. The van der Waals surface area contributed by atoms with Gasteiger partial charge in [-0.15, -0.1) is 0 Å². The Hall–Kier alpha value is -0.220. The van der Waals surface area contributed by atoms with Crippen LogP contribution in [-0.2, 0) is 4.79 Å². The van der Waals surface area contributed by atoms with Crippen LogP contribution in [0.4, 0.5) is 0 Å². The fraction of sp³-hybridized carbons (Fsp3) is 0.875. The molecule has 0 aromatic carbocycles. The van der Waals surface area contributed by atoms with Crippen molar-refractivity contribution in [1.82, 2.24) is 0 Å². The topological polar surface area (TPSA) is 63.3 Å². The fourth-order valence-corrected chi connectivity index (χ4v) is 1.67. The minimum Gasteiger partial charge on any atom is -0.480 e. The number of rotatable bonds is 6. The maximum atomic E-state index is 10.3. The molecule has 0 aliphatic rings. The zero-order valence-corrected chi connectivity index (χ0v) is 8.43. The van der Waals surface area contributed by atoms with Gasteiger partial charge in [0.25, 0.3) is 0 Å². The molecule has 4 heteroatoms. The third-order valence-corrected chi connectivity index (χ3v) is 3.10. The van der Waals surface area contributed by atoms with Crippen LogP contribution in [0.15, 0.2) is 0 Å². The summed E-state index contributed by atoms with van der Waals surface area (Å²) in [7, 11) is 0. The lowest BCUT2D eigenvalue weighted by atomic mass is 10.2. The van der Waals surface area contributed by atoms with Crippen molar-refractivity contribution in [2.45, 2.75) is 38.0 Å². The van der Waals surface area contributed by atoms with Crippen molar-refractivity contribution in [3.63, 3.8) is 0 Å². The van der Waals surface area contributed by atoms with Crippen LogP contribution in [0.2, 0.25) is 0 Å². The Morgan fingerprint density at radius 3 is 2.67 bits per heavy atom. The first kappa shape index (κ1) is 11.8. The Morgan fingerprint density at radius 2 is 2.25 bits per heavy atom. The van der Waals surface area contributed by atoms with E-state index in [2.05, 4.69) is 13.8 Å². The Labute approximate surface area is 77.7 Å². The van der Waals surface area contributed by atoms with Gasteiger partial charge < -0.3 is 10.8 Å². The number of carboxylic acids is 1. The number of aliphatic carboxylic acids is 1. The number of hydrogen-bond acceptors (Lipinski definition) is 3. The normalized spacial score (nSPS) is 15.6. The van der Waals surface area contributed by atoms with Crippen molar-refractivity contribution in [2.24, 2.45) is 5.73 Å². The van der Waals surface area contributed by atoms with E-state index in [4.69, 9.17) is 10.8 Å². The molecule has 0 aromatic rings. The van der Waals surface area contributed by atoms with Crippen LogP contribution in [0.5, 0.6) is 0 Å². The highest BCUT2D eigenvalue weighted by Crippen LogP contribution is 2.14. The van der Waals surface area contributed by atoms with Gasteiger partial charge in [-0.2, -0.15) is 11.8 Å². The quantitative estimate of drug-likeness (QED) is 0.664. The first-order valence-corrected chi connectivity index (χ1v) is 5.22. The molecular weight excluding hydrogens is 174 g/mol. The second-order valence-corrected chi connectivity index (χ2v) is 4.37. The zero-order chi connectivity index (χ0) is 9.56. The standard InChI is InChI=1S/C8H17NO2S/c1-3-6(2)12-5-4-7(9)8(10)11/h6-7H,3-5,9H2,1-2H3,(H,10,11). The number of thioether (sulfide) groups is 1. The molecule has 0 rings (SSSR count). The highest BCUT2D eigenvalue weighted by Gasteiger charge is 2.10. The molecular formula is C8H17NO2S. The molecule has 0 aliphatic heterocycles. The van der Waals surface area contributed by atoms with Gasteiger partial charge in [0.15, 0.2) is 0 Å². The molecule has 0 aliphatic carbocycles. The lowest BCUT2D eigenvalue weighted by Gasteiger charge is -2.09. The van der Waals surface area contributed by atoms with Gasteiger partial charge >= 0.3 is 5.97 Å². The maximum absolute atomic E-state index is 10.3. The first-order chi connectivity index (χ1) is 5.57. The Balaban J connectivity index is 3.37. The van der Waals surface area contributed by atoms with E-state index >= 15 is 0 Å². The van der Waals surface area contributed by atoms with Gasteiger partial charge in [0.05, 0.1) is 0 Å². The van der Waals surface area contributed by atoms with E-state index in [0.29, 0.717) is 11.7 Å². The highest BCUT2D eigenvalue weighted by molar-refractivity contribution is 7.99. The summed E-state index contributed by atoms with van der Waals surface area (Å²) in [6, 6.07) is -0.693. The molecule has 2 atom stereocenters. The monoisotopic (exact) mass is 191 g/mol. The van der Waals surface area contributed by atoms with Gasteiger partial charge in [-0.05, 0) is 18.6 Å². The van der Waals surface area contributed by atoms with Crippen LogP contribution in [0.25, 0.3) is 0 Å². The van der Waals surface area contributed by atoms with Crippen molar-refractivity contribution in [1.29, 1.82) is 0 Å². The van der Waals surface area contributed by atoms with Crippen LogP contribution in [-0.4, -0.2) is 28.1 Å².